The second-order valence-electron chi connectivity index (χ2n) is 6.01. The summed E-state index contributed by atoms with van der Waals surface area (Å²) in [6, 6.07) is 5.10. The predicted molar refractivity (Wildman–Crippen MR) is 78.4 cm³/mol. The van der Waals surface area contributed by atoms with Crippen LogP contribution in [0.2, 0.25) is 0 Å². The topological polar surface area (TPSA) is 55.8 Å². The lowest BCUT2D eigenvalue weighted by Crippen LogP contribution is -2.62. The first-order valence-corrected chi connectivity index (χ1v) is 7.67. The van der Waals surface area contributed by atoms with Crippen LogP contribution in [0.4, 0.5) is 39.5 Å². The largest absolute Gasteiger partial charge is 0.463 e. The molecule has 1 aromatic rings. The van der Waals surface area contributed by atoms with Crippen molar-refractivity contribution in [2.75, 3.05) is 13.7 Å². The van der Waals surface area contributed by atoms with Crippen molar-refractivity contribution < 1.29 is 58.9 Å². The van der Waals surface area contributed by atoms with Gasteiger partial charge in [-0.25, -0.2) is 4.79 Å². The fraction of sp³-hybridized carbons (Fsp3) is 0.562. The quantitative estimate of drug-likeness (QED) is 0.532. The Labute approximate surface area is 158 Å². The van der Waals surface area contributed by atoms with E-state index in [-0.39, 0.29) is 6.92 Å². The molecule has 0 aliphatic heterocycles. The molecule has 0 aromatic heterocycles. The van der Waals surface area contributed by atoms with Gasteiger partial charge in [-0.1, -0.05) is 37.3 Å². The van der Waals surface area contributed by atoms with E-state index in [2.05, 4.69) is 9.47 Å². The van der Waals surface area contributed by atoms with E-state index in [0.717, 1.165) is 24.3 Å². The Balaban J connectivity index is 3.26. The normalized spacial score (nSPS) is 16.8. The van der Waals surface area contributed by atoms with Crippen LogP contribution in [0.25, 0.3) is 0 Å². The van der Waals surface area contributed by atoms with Crippen LogP contribution in [-0.4, -0.2) is 48.9 Å². The number of carbonyl (C=O) groups is 1. The number of alkyl halides is 9. The summed E-state index contributed by atoms with van der Waals surface area (Å²) in [6.07, 6.45) is -18.0. The highest BCUT2D eigenvalue weighted by Gasteiger charge is 2.73. The number of hydrogen-bond acceptors (Lipinski definition) is 4. The Hall–Kier alpha value is -2.02. The first-order chi connectivity index (χ1) is 13.0. The number of benzene rings is 1. The van der Waals surface area contributed by atoms with Crippen molar-refractivity contribution in [2.45, 2.75) is 36.7 Å². The van der Waals surface area contributed by atoms with Crippen molar-refractivity contribution in [3.8, 4) is 0 Å². The standard InChI is InChI=1S/C16H15F9O4/c1-9(13(27,15(20,21)22)16(23,24)25)8-29-11(26)12(28-2,14(17,18)19)10-6-4-3-5-7-10/h3-7,9,27H,8H2,1-2H3/t9-,12-/m1/s1. The van der Waals surface area contributed by atoms with Crippen LogP contribution >= 0.6 is 0 Å². The summed E-state index contributed by atoms with van der Waals surface area (Å²) in [7, 11) is 0.465. The van der Waals surface area contributed by atoms with Crippen LogP contribution in [0, 0.1) is 5.92 Å². The highest BCUT2D eigenvalue weighted by atomic mass is 19.4. The fourth-order valence-corrected chi connectivity index (χ4v) is 2.53. The third-order valence-electron chi connectivity index (χ3n) is 4.22. The monoisotopic (exact) mass is 442 g/mol. The van der Waals surface area contributed by atoms with E-state index < -0.39 is 53.8 Å². The Morgan fingerprint density at radius 1 is 0.931 bits per heavy atom. The molecule has 2 atom stereocenters. The Kier molecular flexibility index (Phi) is 6.91. The van der Waals surface area contributed by atoms with Gasteiger partial charge in [0.25, 0.3) is 11.2 Å². The van der Waals surface area contributed by atoms with Gasteiger partial charge >= 0.3 is 24.5 Å². The predicted octanol–water partition coefficient (Wildman–Crippen LogP) is 4.13. The van der Waals surface area contributed by atoms with E-state index in [0.29, 0.717) is 7.11 Å². The number of ether oxygens (including phenoxy) is 2. The number of esters is 1. The average molecular weight is 442 g/mol. The summed E-state index contributed by atoms with van der Waals surface area (Å²) >= 11 is 0. The van der Waals surface area contributed by atoms with Crippen LogP contribution in [0.5, 0.6) is 0 Å². The van der Waals surface area contributed by atoms with E-state index in [9.17, 15) is 49.4 Å². The van der Waals surface area contributed by atoms with Gasteiger partial charge in [0.2, 0.25) is 0 Å². The van der Waals surface area contributed by atoms with Crippen LogP contribution in [0.1, 0.15) is 12.5 Å². The van der Waals surface area contributed by atoms with Gasteiger partial charge in [0, 0.05) is 18.6 Å². The summed E-state index contributed by atoms with van der Waals surface area (Å²) in [4.78, 5) is 12.2. The molecule has 166 valence electrons. The van der Waals surface area contributed by atoms with E-state index >= 15 is 0 Å². The molecule has 1 N–H and O–H groups in total. The second kappa shape index (κ2) is 8.01. The highest BCUT2D eigenvalue weighted by molar-refractivity contribution is 5.82. The maximum atomic E-state index is 13.6. The summed E-state index contributed by atoms with van der Waals surface area (Å²) in [5, 5.41) is 9.21. The Morgan fingerprint density at radius 2 is 1.38 bits per heavy atom. The van der Waals surface area contributed by atoms with Gasteiger partial charge in [0.05, 0.1) is 6.61 Å². The molecule has 0 aliphatic carbocycles. The number of aliphatic hydroxyl groups is 1. The van der Waals surface area contributed by atoms with Crippen molar-refractivity contribution in [1.29, 1.82) is 0 Å². The van der Waals surface area contributed by atoms with E-state index in [4.69, 9.17) is 0 Å². The molecule has 0 aliphatic rings. The SMILES string of the molecule is CO[C@@](C(=O)OC[C@@H](C)C(O)(C(F)(F)F)C(F)(F)F)(c1ccccc1)C(F)(F)F. The molecule has 4 nitrogen and oxygen atoms in total. The molecule has 0 saturated heterocycles. The number of rotatable bonds is 6. The van der Waals surface area contributed by atoms with Crippen molar-refractivity contribution in [1.82, 2.24) is 0 Å². The van der Waals surface area contributed by atoms with Gasteiger partial charge in [-0.15, -0.1) is 0 Å². The molecule has 29 heavy (non-hydrogen) atoms. The molecule has 0 fully saturated rings. The maximum Gasteiger partial charge on any atom is 0.432 e. The third kappa shape index (κ3) is 4.29. The van der Waals surface area contributed by atoms with Gasteiger partial charge in [-0.2, -0.15) is 39.5 Å². The van der Waals surface area contributed by atoms with Gasteiger partial charge in [0.15, 0.2) is 0 Å². The summed E-state index contributed by atoms with van der Waals surface area (Å²) in [5.41, 5.74) is -9.93. The minimum Gasteiger partial charge on any atom is -0.463 e. The number of halogens is 9. The molecule has 0 amide bonds. The van der Waals surface area contributed by atoms with Crippen LogP contribution in [-0.2, 0) is 19.9 Å². The van der Waals surface area contributed by atoms with Crippen molar-refractivity contribution in [3.63, 3.8) is 0 Å². The number of methoxy groups -OCH3 is 1. The molecule has 13 heteroatoms. The Bertz CT molecular complexity index is 683. The lowest BCUT2D eigenvalue weighted by atomic mass is 9.87. The smallest absolute Gasteiger partial charge is 0.432 e. The molecule has 0 radical (unpaired) electrons. The zero-order chi connectivity index (χ0) is 22.9. The maximum absolute atomic E-state index is 13.6. The average Bonchev–Trinajstić information content (AvgIpc) is 2.57. The number of hydrogen-bond donors (Lipinski definition) is 1. The van der Waals surface area contributed by atoms with Crippen LogP contribution in [0.15, 0.2) is 30.3 Å². The van der Waals surface area contributed by atoms with Gasteiger partial charge in [0.1, 0.15) is 0 Å². The minimum absolute atomic E-state index is 0.221. The molecule has 0 unspecified atom stereocenters. The zero-order valence-electron chi connectivity index (χ0n) is 14.7. The number of carbonyl (C=O) groups excluding carboxylic acids is 1. The molecule has 0 bridgehead atoms. The van der Waals surface area contributed by atoms with E-state index in [1.165, 1.54) is 6.07 Å². The molecular weight excluding hydrogens is 427 g/mol. The lowest BCUT2D eigenvalue weighted by molar-refractivity contribution is -0.385. The zero-order valence-corrected chi connectivity index (χ0v) is 14.7. The summed E-state index contributed by atoms with van der Waals surface area (Å²) in [6.45, 7) is -1.61. The molecule has 1 aromatic carbocycles. The van der Waals surface area contributed by atoms with Crippen molar-refractivity contribution in [3.05, 3.63) is 35.9 Å². The minimum atomic E-state index is -6.24. The molecule has 0 heterocycles. The van der Waals surface area contributed by atoms with Crippen molar-refractivity contribution >= 4 is 5.97 Å². The van der Waals surface area contributed by atoms with Crippen molar-refractivity contribution in [2.24, 2.45) is 5.92 Å². The highest BCUT2D eigenvalue weighted by Crippen LogP contribution is 2.48. The summed E-state index contributed by atoms with van der Waals surface area (Å²) in [5.74, 6) is -5.18. The van der Waals surface area contributed by atoms with E-state index in [1.807, 2.05) is 0 Å². The van der Waals surface area contributed by atoms with Crippen LogP contribution in [0.3, 0.4) is 0 Å². The lowest BCUT2D eigenvalue weighted by Gasteiger charge is -2.37. The molecule has 0 spiro atoms. The fourth-order valence-electron chi connectivity index (χ4n) is 2.53. The van der Waals surface area contributed by atoms with Gasteiger partial charge in [-0.05, 0) is 0 Å². The first-order valence-electron chi connectivity index (χ1n) is 7.67. The Morgan fingerprint density at radius 3 is 1.72 bits per heavy atom. The van der Waals surface area contributed by atoms with Crippen LogP contribution < -0.4 is 0 Å². The molecule has 1 rings (SSSR count). The summed E-state index contributed by atoms with van der Waals surface area (Å²) < 4.78 is 126. The van der Waals surface area contributed by atoms with E-state index in [1.54, 1.807) is 0 Å². The molecule has 0 saturated carbocycles. The first kappa shape index (κ1) is 25.0. The van der Waals surface area contributed by atoms with Gasteiger partial charge in [-0.3, -0.25) is 0 Å². The second-order valence-corrected chi connectivity index (χ2v) is 6.01. The third-order valence-corrected chi connectivity index (χ3v) is 4.22. The molecular formula is C16H15F9O4. The van der Waals surface area contributed by atoms with Gasteiger partial charge < -0.3 is 14.6 Å².